The third-order valence-electron chi connectivity index (χ3n) is 14.0. The van der Waals surface area contributed by atoms with Crippen molar-refractivity contribution in [1.29, 1.82) is 0 Å². The number of hydrogen-bond acceptors (Lipinski definition) is 8. The Kier molecular flexibility index (Phi) is 45.9. The second-order valence-electron chi connectivity index (χ2n) is 20.4. The van der Waals surface area contributed by atoms with Gasteiger partial charge in [0.05, 0.1) is 25.4 Å². The summed E-state index contributed by atoms with van der Waals surface area (Å²) in [5.41, 5.74) is 0. The van der Waals surface area contributed by atoms with Crippen LogP contribution in [0.5, 0.6) is 0 Å². The van der Waals surface area contributed by atoms with Gasteiger partial charge < -0.3 is 40.3 Å². The summed E-state index contributed by atoms with van der Waals surface area (Å²) in [7, 11) is 0. The minimum Gasteiger partial charge on any atom is -0.394 e. The van der Waals surface area contributed by atoms with Crippen LogP contribution >= 0.6 is 0 Å². The fourth-order valence-electron chi connectivity index (χ4n) is 9.39. The molecule has 9 nitrogen and oxygen atoms in total. The number of aliphatic hydroxyl groups excluding tert-OH is 5. The molecule has 0 aromatic carbocycles. The molecule has 0 bridgehead atoms. The lowest BCUT2D eigenvalue weighted by Gasteiger charge is -2.40. The van der Waals surface area contributed by atoms with Crippen LogP contribution in [-0.2, 0) is 14.3 Å². The molecule has 0 saturated carbocycles. The largest absolute Gasteiger partial charge is 0.394 e. The van der Waals surface area contributed by atoms with Crippen LogP contribution in [-0.4, -0.2) is 87.5 Å². The van der Waals surface area contributed by atoms with Gasteiger partial charge in [-0.15, -0.1) is 0 Å². The van der Waals surface area contributed by atoms with E-state index in [9.17, 15) is 30.3 Å². The van der Waals surface area contributed by atoms with Crippen LogP contribution in [0.3, 0.4) is 0 Å². The predicted molar refractivity (Wildman–Crippen MR) is 281 cm³/mol. The number of ether oxygens (including phenoxy) is 2. The highest BCUT2D eigenvalue weighted by atomic mass is 16.7. The third kappa shape index (κ3) is 38.1. The van der Waals surface area contributed by atoms with Gasteiger partial charge >= 0.3 is 0 Å². The highest BCUT2D eigenvalue weighted by Crippen LogP contribution is 2.23. The Labute approximate surface area is 413 Å². The molecule has 0 radical (unpaired) electrons. The molecule has 9 heteroatoms. The number of nitrogens with one attached hydrogen (secondary N) is 1. The van der Waals surface area contributed by atoms with Gasteiger partial charge in [0.2, 0.25) is 5.91 Å². The minimum atomic E-state index is -1.56. The van der Waals surface area contributed by atoms with Crippen molar-refractivity contribution in [2.24, 2.45) is 0 Å². The molecule has 1 heterocycles. The van der Waals surface area contributed by atoms with E-state index < -0.39 is 49.5 Å². The molecule has 0 aromatic rings. The van der Waals surface area contributed by atoms with Gasteiger partial charge in [-0.25, -0.2) is 0 Å². The SMILES string of the molecule is CCCCCCCCCC/C=C\CCCCCCCCCCCCCCCCCCCC(=O)NC(COC1OC(CO)C(O)C(O)C1O)C(O)/C=C/CCCCCCCCCCCCCCC. The lowest BCUT2D eigenvalue weighted by Crippen LogP contribution is -2.60. The summed E-state index contributed by atoms with van der Waals surface area (Å²) in [6.07, 6.45) is 53.9. The molecule has 1 fully saturated rings. The molecule has 1 amide bonds. The van der Waals surface area contributed by atoms with Crippen LogP contribution in [0.15, 0.2) is 24.3 Å². The lowest BCUT2D eigenvalue weighted by molar-refractivity contribution is -0.302. The van der Waals surface area contributed by atoms with Gasteiger partial charge in [-0.05, 0) is 44.9 Å². The van der Waals surface area contributed by atoms with E-state index in [1.54, 1.807) is 6.08 Å². The Morgan fingerprint density at radius 3 is 1.21 bits per heavy atom. The maximum absolute atomic E-state index is 13.0. The molecular formula is C58H111NO8. The Bertz CT molecular complexity index is 1100. The van der Waals surface area contributed by atoms with E-state index in [0.29, 0.717) is 6.42 Å². The minimum absolute atomic E-state index is 0.172. The smallest absolute Gasteiger partial charge is 0.220 e. The van der Waals surface area contributed by atoms with Crippen LogP contribution in [0.4, 0.5) is 0 Å². The van der Waals surface area contributed by atoms with Crippen molar-refractivity contribution in [3.05, 3.63) is 24.3 Å². The van der Waals surface area contributed by atoms with E-state index >= 15 is 0 Å². The van der Waals surface area contributed by atoms with E-state index in [1.807, 2.05) is 6.08 Å². The molecule has 1 aliphatic rings. The van der Waals surface area contributed by atoms with E-state index in [1.165, 1.54) is 225 Å². The van der Waals surface area contributed by atoms with Crippen molar-refractivity contribution in [3.63, 3.8) is 0 Å². The first-order valence-electron chi connectivity index (χ1n) is 29.1. The number of unbranched alkanes of at least 4 members (excludes halogenated alkanes) is 38. The molecule has 1 aliphatic heterocycles. The normalized spacial score (nSPS) is 19.8. The predicted octanol–water partition coefficient (Wildman–Crippen LogP) is 14.2. The zero-order chi connectivity index (χ0) is 48.7. The summed E-state index contributed by atoms with van der Waals surface area (Å²) in [4.78, 5) is 13.0. The Morgan fingerprint density at radius 2 is 0.836 bits per heavy atom. The van der Waals surface area contributed by atoms with Crippen LogP contribution in [0.2, 0.25) is 0 Å². The monoisotopic (exact) mass is 950 g/mol. The summed E-state index contributed by atoms with van der Waals surface area (Å²) < 4.78 is 11.3. The topological polar surface area (TPSA) is 149 Å². The van der Waals surface area contributed by atoms with Gasteiger partial charge in [-0.1, -0.05) is 256 Å². The number of rotatable bonds is 50. The van der Waals surface area contributed by atoms with Gasteiger partial charge in [-0.2, -0.15) is 0 Å². The van der Waals surface area contributed by atoms with Crippen molar-refractivity contribution < 1.29 is 39.8 Å². The standard InChI is InChI=1S/C58H111NO8/c1-3-5-7-9-11-13-15-17-19-20-21-22-23-24-25-26-27-28-29-30-31-32-34-36-38-40-42-44-46-48-54(62)59-51(50-66-58-57(65)56(64)55(63)53(49-60)67-58)52(61)47-45-43-41-39-37-35-33-18-16-14-12-10-8-6-4-2/h20-21,45,47,51-53,55-58,60-61,63-65H,3-19,22-44,46,48-50H2,1-2H3,(H,59,62)/b21-20-,47-45+. The van der Waals surface area contributed by atoms with Gasteiger partial charge in [0, 0.05) is 6.42 Å². The maximum Gasteiger partial charge on any atom is 0.220 e. The first-order valence-corrected chi connectivity index (χ1v) is 29.1. The lowest BCUT2D eigenvalue weighted by atomic mass is 9.99. The van der Waals surface area contributed by atoms with E-state index in [4.69, 9.17) is 9.47 Å². The number of allylic oxidation sites excluding steroid dienone is 3. The number of amides is 1. The second kappa shape index (κ2) is 48.3. The number of hydrogen-bond donors (Lipinski definition) is 6. The summed E-state index contributed by atoms with van der Waals surface area (Å²) in [6.45, 7) is 3.80. The summed E-state index contributed by atoms with van der Waals surface area (Å²) in [5, 5.41) is 54.4. The average molecular weight is 951 g/mol. The van der Waals surface area contributed by atoms with E-state index in [-0.39, 0.29) is 12.5 Å². The fourth-order valence-corrected chi connectivity index (χ4v) is 9.39. The summed E-state index contributed by atoms with van der Waals surface area (Å²) in [6, 6.07) is -0.801. The summed E-state index contributed by atoms with van der Waals surface area (Å²) >= 11 is 0. The molecule has 67 heavy (non-hydrogen) atoms. The van der Waals surface area contributed by atoms with Crippen LogP contribution in [0.25, 0.3) is 0 Å². The molecule has 1 rings (SSSR count). The highest BCUT2D eigenvalue weighted by molar-refractivity contribution is 5.76. The van der Waals surface area contributed by atoms with Gasteiger partial charge in [-0.3, -0.25) is 4.79 Å². The fraction of sp³-hybridized carbons (Fsp3) is 0.914. The van der Waals surface area contributed by atoms with Crippen LogP contribution < -0.4 is 5.32 Å². The molecule has 7 atom stereocenters. The van der Waals surface area contributed by atoms with Crippen molar-refractivity contribution in [1.82, 2.24) is 5.32 Å². The molecule has 0 spiro atoms. The van der Waals surface area contributed by atoms with Gasteiger partial charge in [0.25, 0.3) is 0 Å². The maximum atomic E-state index is 13.0. The van der Waals surface area contributed by atoms with E-state index in [0.717, 1.165) is 38.5 Å². The Morgan fingerprint density at radius 1 is 0.493 bits per heavy atom. The Hall–Kier alpha value is -1.33. The van der Waals surface area contributed by atoms with Crippen molar-refractivity contribution in [2.75, 3.05) is 13.2 Å². The number of carbonyl (C=O) groups is 1. The van der Waals surface area contributed by atoms with Gasteiger partial charge in [0.15, 0.2) is 6.29 Å². The molecular weight excluding hydrogens is 839 g/mol. The molecule has 6 N–H and O–H groups in total. The van der Waals surface area contributed by atoms with Crippen molar-refractivity contribution in [3.8, 4) is 0 Å². The first kappa shape index (κ1) is 63.7. The highest BCUT2D eigenvalue weighted by Gasteiger charge is 2.44. The van der Waals surface area contributed by atoms with Crippen molar-refractivity contribution in [2.45, 2.75) is 326 Å². The number of carbonyl (C=O) groups excluding carboxylic acids is 1. The number of aliphatic hydroxyl groups is 5. The van der Waals surface area contributed by atoms with Crippen LogP contribution in [0, 0.1) is 0 Å². The quantitative estimate of drug-likeness (QED) is 0.0261. The van der Waals surface area contributed by atoms with Gasteiger partial charge in [0.1, 0.15) is 24.4 Å². The molecule has 0 aromatic heterocycles. The Balaban J connectivity index is 2.16. The molecule has 0 aliphatic carbocycles. The average Bonchev–Trinajstić information content (AvgIpc) is 3.33. The van der Waals surface area contributed by atoms with E-state index in [2.05, 4.69) is 31.3 Å². The molecule has 396 valence electrons. The van der Waals surface area contributed by atoms with Crippen LogP contribution in [0.1, 0.15) is 284 Å². The second-order valence-corrected chi connectivity index (χ2v) is 20.4. The van der Waals surface area contributed by atoms with Crippen molar-refractivity contribution >= 4 is 5.91 Å². The zero-order valence-corrected chi connectivity index (χ0v) is 43.9. The molecule has 7 unspecified atom stereocenters. The molecule has 1 saturated heterocycles. The zero-order valence-electron chi connectivity index (χ0n) is 43.9. The third-order valence-corrected chi connectivity index (χ3v) is 14.0. The first-order chi connectivity index (χ1) is 32.8. The summed E-state index contributed by atoms with van der Waals surface area (Å²) in [5.74, 6) is -0.172.